The third-order valence-electron chi connectivity index (χ3n) is 1.96. The standard InChI is InChI=1S/C9H18N4O/c1-3-4-9(14)6-10-5-8-7-13(2)12-11-8/h7,9-10,14H,3-6H2,1-2H3. The van der Waals surface area contributed by atoms with Crippen molar-refractivity contribution >= 4 is 0 Å². The first-order valence-corrected chi connectivity index (χ1v) is 4.96. The van der Waals surface area contributed by atoms with Crippen LogP contribution in [0.25, 0.3) is 0 Å². The van der Waals surface area contributed by atoms with Crippen LogP contribution in [-0.4, -0.2) is 32.7 Å². The Balaban J connectivity index is 2.15. The number of aliphatic hydroxyl groups excluding tert-OH is 1. The van der Waals surface area contributed by atoms with Crippen LogP contribution in [0.3, 0.4) is 0 Å². The first kappa shape index (κ1) is 11.1. The minimum atomic E-state index is -0.253. The predicted molar refractivity (Wildman–Crippen MR) is 53.6 cm³/mol. The third-order valence-corrected chi connectivity index (χ3v) is 1.96. The van der Waals surface area contributed by atoms with Gasteiger partial charge in [-0.3, -0.25) is 4.68 Å². The van der Waals surface area contributed by atoms with Crippen molar-refractivity contribution < 1.29 is 5.11 Å². The van der Waals surface area contributed by atoms with Crippen LogP contribution in [-0.2, 0) is 13.6 Å². The van der Waals surface area contributed by atoms with Gasteiger partial charge in [-0.2, -0.15) is 0 Å². The highest BCUT2D eigenvalue weighted by atomic mass is 16.3. The van der Waals surface area contributed by atoms with Crippen LogP contribution in [0.2, 0.25) is 0 Å². The van der Waals surface area contributed by atoms with Crippen molar-refractivity contribution in [1.82, 2.24) is 20.3 Å². The molecule has 0 aliphatic heterocycles. The van der Waals surface area contributed by atoms with Crippen molar-refractivity contribution in [3.63, 3.8) is 0 Å². The van der Waals surface area contributed by atoms with Gasteiger partial charge in [0.25, 0.3) is 0 Å². The zero-order valence-corrected chi connectivity index (χ0v) is 8.77. The van der Waals surface area contributed by atoms with Gasteiger partial charge in [0.2, 0.25) is 0 Å². The van der Waals surface area contributed by atoms with E-state index in [9.17, 15) is 5.11 Å². The zero-order valence-electron chi connectivity index (χ0n) is 8.77. The Hall–Kier alpha value is -0.940. The molecule has 0 radical (unpaired) electrons. The molecule has 0 saturated heterocycles. The van der Waals surface area contributed by atoms with E-state index >= 15 is 0 Å². The lowest BCUT2D eigenvalue weighted by atomic mass is 10.2. The van der Waals surface area contributed by atoms with E-state index in [1.165, 1.54) is 0 Å². The summed E-state index contributed by atoms with van der Waals surface area (Å²) in [5.41, 5.74) is 0.899. The summed E-state index contributed by atoms with van der Waals surface area (Å²) in [5.74, 6) is 0. The maximum absolute atomic E-state index is 9.43. The van der Waals surface area contributed by atoms with Crippen molar-refractivity contribution in [2.45, 2.75) is 32.4 Å². The molecule has 0 saturated carbocycles. The van der Waals surface area contributed by atoms with E-state index < -0.39 is 0 Å². The van der Waals surface area contributed by atoms with Gasteiger partial charge in [-0.25, -0.2) is 0 Å². The largest absolute Gasteiger partial charge is 0.392 e. The molecule has 80 valence electrons. The summed E-state index contributed by atoms with van der Waals surface area (Å²) in [4.78, 5) is 0. The van der Waals surface area contributed by atoms with Gasteiger partial charge in [0.1, 0.15) is 0 Å². The fourth-order valence-corrected chi connectivity index (χ4v) is 1.28. The summed E-state index contributed by atoms with van der Waals surface area (Å²) in [6, 6.07) is 0. The molecule has 2 N–H and O–H groups in total. The molecule has 1 heterocycles. The van der Waals surface area contributed by atoms with Crippen molar-refractivity contribution in [2.75, 3.05) is 6.54 Å². The lowest BCUT2D eigenvalue weighted by molar-refractivity contribution is 0.160. The number of aliphatic hydroxyl groups is 1. The van der Waals surface area contributed by atoms with Crippen LogP contribution in [0.4, 0.5) is 0 Å². The van der Waals surface area contributed by atoms with E-state index in [0.717, 1.165) is 18.5 Å². The van der Waals surface area contributed by atoms with Crippen LogP contribution >= 0.6 is 0 Å². The molecule has 0 aliphatic rings. The number of hydrogen-bond donors (Lipinski definition) is 2. The smallest absolute Gasteiger partial charge is 0.0964 e. The van der Waals surface area contributed by atoms with Crippen molar-refractivity contribution in [3.05, 3.63) is 11.9 Å². The molecule has 1 aromatic rings. The van der Waals surface area contributed by atoms with E-state index in [1.54, 1.807) is 4.68 Å². The molecule has 1 atom stereocenters. The van der Waals surface area contributed by atoms with Gasteiger partial charge in [-0.15, -0.1) is 5.10 Å². The molecule has 0 aromatic carbocycles. The molecule has 0 fully saturated rings. The molecule has 0 bridgehead atoms. The maximum atomic E-state index is 9.43. The molecule has 0 aliphatic carbocycles. The van der Waals surface area contributed by atoms with Crippen LogP contribution in [0, 0.1) is 0 Å². The van der Waals surface area contributed by atoms with E-state index in [4.69, 9.17) is 0 Å². The Labute approximate surface area is 84.1 Å². The Morgan fingerprint density at radius 3 is 3.00 bits per heavy atom. The second-order valence-corrected chi connectivity index (χ2v) is 3.46. The molecular weight excluding hydrogens is 180 g/mol. The summed E-state index contributed by atoms with van der Waals surface area (Å²) in [5, 5.41) is 20.3. The number of aromatic nitrogens is 3. The quantitative estimate of drug-likeness (QED) is 0.679. The van der Waals surface area contributed by atoms with Crippen molar-refractivity contribution in [2.24, 2.45) is 7.05 Å². The monoisotopic (exact) mass is 198 g/mol. The fourth-order valence-electron chi connectivity index (χ4n) is 1.28. The number of rotatable bonds is 6. The molecule has 0 spiro atoms. The molecule has 1 rings (SSSR count). The average molecular weight is 198 g/mol. The first-order valence-electron chi connectivity index (χ1n) is 4.96. The van der Waals surface area contributed by atoms with Gasteiger partial charge in [0.15, 0.2) is 0 Å². The third kappa shape index (κ3) is 3.85. The summed E-state index contributed by atoms with van der Waals surface area (Å²) in [6.07, 6.45) is 3.46. The minimum Gasteiger partial charge on any atom is -0.392 e. The molecular formula is C9H18N4O. The van der Waals surface area contributed by atoms with Gasteiger partial charge < -0.3 is 10.4 Å². The number of nitrogens with zero attached hydrogens (tertiary/aromatic N) is 3. The highest BCUT2D eigenvalue weighted by Crippen LogP contribution is 1.95. The van der Waals surface area contributed by atoms with Gasteiger partial charge >= 0.3 is 0 Å². The van der Waals surface area contributed by atoms with Crippen molar-refractivity contribution in [1.29, 1.82) is 0 Å². The summed E-state index contributed by atoms with van der Waals surface area (Å²) in [6.45, 7) is 3.34. The van der Waals surface area contributed by atoms with Crippen LogP contribution < -0.4 is 5.32 Å². The Bertz CT molecular complexity index is 261. The normalized spacial score (nSPS) is 13.1. The Morgan fingerprint density at radius 1 is 1.64 bits per heavy atom. The van der Waals surface area contributed by atoms with E-state index in [0.29, 0.717) is 13.1 Å². The predicted octanol–water partition coefficient (Wildman–Crippen LogP) is 0.0657. The van der Waals surface area contributed by atoms with E-state index in [2.05, 4.69) is 22.6 Å². The number of hydrogen-bond acceptors (Lipinski definition) is 4. The first-order chi connectivity index (χ1) is 6.72. The van der Waals surface area contributed by atoms with E-state index in [-0.39, 0.29) is 6.10 Å². The topological polar surface area (TPSA) is 63.0 Å². The molecule has 14 heavy (non-hydrogen) atoms. The lowest BCUT2D eigenvalue weighted by Gasteiger charge is -2.08. The van der Waals surface area contributed by atoms with Gasteiger partial charge in [0, 0.05) is 26.3 Å². The Kier molecular flexibility index (Phi) is 4.55. The van der Waals surface area contributed by atoms with Crippen molar-refractivity contribution in [3.8, 4) is 0 Å². The lowest BCUT2D eigenvalue weighted by Crippen LogP contribution is -2.26. The zero-order chi connectivity index (χ0) is 10.4. The summed E-state index contributed by atoms with van der Waals surface area (Å²) >= 11 is 0. The second-order valence-electron chi connectivity index (χ2n) is 3.46. The number of aryl methyl sites for hydroxylation is 1. The van der Waals surface area contributed by atoms with Gasteiger partial charge in [-0.1, -0.05) is 18.6 Å². The van der Waals surface area contributed by atoms with E-state index in [1.807, 2.05) is 13.2 Å². The van der Waals surface area contributed by atoms with Crippen LogP contribution in [0.1, 0.15) is 25.5 Å². The molecule has 5 nitrogen and oxygen atoms in total. The summed E-state index contributed by atoms with van der Waals surface area (Å²) < 4.78 is 1.67. The van der Waals surface area contributed by atoms with Gasteiger partial charge in [0.05, 0.1) is 11.8 Å². The fraction of sp³-hybridized carbons (Fsp3) is 0.778. The molecule has 1 unspecified atom stereocenters. The Morgan fingerprint density at radius 2 is 2.43 bits per heavy atom. The highest BCUT2D eigenvalue weighted by Gasteiger charge is 2.02. The molecule has 1 aromatic heterocycles. The summed E-state index contributed by atoms with van der Waals surface area (Å²) in [7, 11) is 1.84. The van der Waals surface area contributed by atoms with Gasteiger partial charge in [-0.05, 0) is 6.42 Å². The van der Waals surface area contributed by atoms with Crippen LogP contribution in [0.15, 0.2) is 6.20 Å². The molecule has 5 heteroatoms. The SMILES string of the molecule is CCCC(O)CNCc1cn(C)nn1. The molecule has 0 amide bonds. The maximum Gasteiger partial charge on any atom is 0.0964 e. The average Bonchev–Trinajstić information content (AvgIpc) is 2.52. The second kappa shape index (κ2) is 5.72. The highest BCUT2D eigenvalue weighted by molar-refractivity contribution is 4.90. The van der Waals surface area contributed by atoms with Crippen LogP contribution in [0.5, 0.6) is 0 Å². The minimum absolute atomic E-state index is 0.253. The number of nitrogens with one attached hydrogen (secondary N) is 1.